The summed E-state index contributed by atoms with van der Waals surface area (Å²) < 4.78 is 5.08. The average Bonchev–Trinajstić information content (AvgIpc) is 2.79. The Morgan fingerprint density at radius 1 is 1.33 bits per heavy atom. The Hall–Kier alpha value is -1.79. The molecule has 5 nitrogen and oxygen atoms in total. The molecule has 0 aliphatic carbocycles. The Morgan fingerprint density at radius 3 is 2.62 bits per heavy atom. The molecule has 0 spiro atoms. The van der Waals surface area contributed by atoms with E-state index in [1.807, 2.05) is 20.8 Å². The van der Waals surface area contributed by atoms with E-state index in [1.165, 1.54) is 11.3 Å². The zero-order valence-electron chi connectivity index (χ0n) is 12.5. The number of hydrogen-bond donors (Lipinski definition) is 3. The van der Waals surface area contributed by atoms with Gasteiger partial charge in [-0.2, -0.15) is 0 Å². The molecule has 0 saturated carbocycles. The number of aryl methyl sites for hydroxylation is 1. The van der Waals surface area contributed by atoms with Crippen LogP contribution in [-0.4, -0.2) is 28.5 Å². The molecule has 2 aromatic rings. The summed E-state index contributed by atoms with van der Waals surface area (Å²) in [6, 6.07) is 5.12. The molecule has 114 valence electrons. The summed E-state index contributed by atoms with van der Waals surface area (Å²) in [5.41, 5.74) is 1.36. The molecule has 3 N–H and O–H groups in total. The molecule has 2 rings (SSSR count). The van der Waals surface area contributed by atoms with Crippen LogP contribution in [0.2, 0.25) is 0 Å². The van der Waals surface area contributed by atoms with Crippen molar-refractivity contribution >= 4 is 16.5 Å². The highest BCUT2D eigenvalue weighted by Gasteiger charge is 2.16. The number of hydrogen-bond acceptors (Lipinski definition) is 6. The minimum atomic E-state index is -0.645. The molecule has 1 atom stereocenters. The topological polar surface area (TPSA) is 74.6 Å². The predicted octanol–water partition coefficient (Wildman–Crippen LogP) is 3.22. The van der Waals surface area contributed by atoms with Gasteiger partial charge in [0.25, 0.3) is 0 Å². The number of nitrogens with zero attached hydrogens (tertiary/aromatic N) is 1. The standard InChI is InChI=1S/C15H20N2O3S/c1-8(2)14(19)17-15-16-13(9(3)21-15)11-6-5-10(20-4)7-12(11)18/h5-8,14,18-19H,1-4H3,(H,16,17). The van der Waals surface area contributed by atoms with Crippen LogP contribution in [0.3, 0.4) is 0 Å². The first-order valence-corrected chi connectivity index (χ1v) is 7.53. The number of anilines is 1. The summed E-state index contributed by atoms with van der Waals surface area (Å²) >= 11 is 1.45. The first-order valence-electron chi connectivity index (χ1n) is 6.71. The number of nitrogens with one attached hydrogen (secondary N) is 1. The minimum absolute atomic E-state index is 0.0899. The third-order valence-electron chi connectivity index (χ3n) is 3.16. The first-order chi connectivity index (χ1) is 9.92. The van der Waals surface area contributed by atoms with Gasteiger partial charge in [-0.05, 0) is 25.0 Å². The average molecular weight is 308 g/mol. The zero-order chi connectivity index (χ0) is 15.6. The van der Waals surface area contributed by atoms with Crippen LogP contribution in [0.1, 0.15) is 18.7 Å². The quantitative estimate of drug-likeness (QED) is 0.740. The van der Waals surface area contributed by atoms with Gasteiger partial charge in [-0.3, -0.25) is 0 Å². The lowest BCUT2D eigenvalue weighted by molar-refractivity contribution is 0.153. The third kappa shape index (κ3) is 3.46. The van der Waals surface area contributed by atoms with Crippen LogP contribution in [0.25, 0.3) is 11.3 Å². The number of aromatic hydroxyl groups is 1. The van der Waals surface area contributed by atoms with Gasteiger partial charge < -0.3 is 20.3 Å². The summed E-state index contributed by atoms with van der Waals surface area (Å²) in [5, 5.41) is 23.6. The summed E-state index contributed by atoms with van der Waals surface area (Å²) in [7, 11) is 1.55. The second kappa shape index (κ2) is 6.32. The van der Waals surface area contributed by atoms with Crippen molar-refractivity contribution in [3.8, 4) is 22.8 Å². The van der Waals surface area contributed by atoms with Crippen molar-refractivity contribution < 1.29 is 14.9 Å². The number of aromatic nitrogens is 1. The molecule has 6 heteroatoms. The molecule has 1 heterocycles. The van der Waals surface area contributed by atoms with Crippen molar-refractivity contribution in [1.29, 1.82) is 0 Å². The van der Waals surface area contributed by atoms with Gasteiger partial charge in [-0.1, -0.05) is 13.8 Å². The molecule has 0 radical (unpaired) electrons. The Balaban J connectivity index is 2.31. The number of aliphatic hydroxyl groups excluding tert-OH is 1. The van der Waals surface area contributed by atoms with E-state index in [1.54, 1.807) is 25.3 Å². The fourth-order valence-corrected chi connectivity index (χ4v) is 2.70. The highest BCUT2D eigenvalue weighted by molar-refractivity contribution is 7.16. The van der Waals surface area contributed by atoms with Gasteiger partial charge in [0.1, 0.15) is 17.7 Å². The fraction of sp³-hybridized carbons (Fsp3) is 0.400. The molecular weight excluding hydrogens is 288 g/mol. The maximum absolute atomic E-state index is 10.1. The van der Waals surface area contributed by atoms with Gasteiger partial charge in [-0.15, -0.1) is 11.3 Å². The molecular formula is C15H20N2O3S. The van der Waals surface area contributed by atoms with Crippen molar-refractivity contribution in [3.63, 3.8) is 0 Å². The molecule has 0 aliphatic heterocycles. The van der Waals surface area contributed by atoms with Crippen molar-refractivity contribution in [2.45, 2.75) is 27.0 Å². The SMILES string of the molecule is COc1ccc(-c2nc(NC(O)C(C)C)sc2C)c(O)c1. The summed E-state index contributed by atoms with van der Waals surface area (Å²) in [4.78, 5) is 5.43. The minimum Gasteiger partial charge on any atom is -0.507 e. The maximum Gasteiger partial charge on any atom is 0.185 e. The Bertz CT molecular complexity index is 625. The number of aliphatic hydroxyl groups is 1. The molecule has 0 amide bonds. The number of ether oxygens (including phenoxy) is 1. The van der Waals surface area contributed by atoms with E-state index in [0.717, 1.165) is 4.88 Å². The lowest BCUT2D eigenvalue weighted by atomic mass is 10.1. The molecule has 1 unspecified atom stereocenters. The molecule has 0 fully saturated rings. The summed E-state index contributed by atoms with van der Waals surface area (Å²) in [6.45, 7) is 5.78. The molecule has 1 aromatic heterocycles. The van der Waals surface area contributed by atoms with E-state index < -0.39 is 6.23 Å². The van der Waals surface area contributed by atoms with Crippen molar-refractivity contribution in [3.05, 3.63) is 23.1 Å². The monoisotopic (exact) mass is 308 g/mol. The van der Waals surface area contributed by atoms with E-state index in [0.29, 0.717) is 22.1 Å². The van der Waals surface area contributed by atoms with Gasteiger partial charge in [0.2, 0.25) is 0 Å². The second-order valence-corrected chi connectivity index (χ2v) is 6.34. The van der Waals surface area contributed by atoms with Gasteiger partial charge in [0, 0.05) is 16.5 Å². The van der Waals surface area contributed by atoms with Crippen LogP contribution < -0.4 is 10.1 Å². The Morgan fingerprint density at radius 2 is 2.05 bits per heavy atom. The normalized spacial score (nSPS) is 12.5. The predicted molar refractivity (Wildman–Crippen MR) is 85.0 cm³/mol. The van der Waals surface area contributed by atoms with E-state index in [2.05, 4.69) is 10.3 Å². The van der Waals surface area contributed by atoms with Crippen LogP contribution in [0, 0.1) is 12.8 Å². The number of benzene rings is 1. The zero-order valence-corrected chi connectivity index (χ0v) is 13.4. The van der Waals surface area contributed by atoms with Crippen molar-refractivity contribution in [2.75, 3.05) is 12.4 Å². The van der Waals surface area contributed by atoms with E-state index in [9.17, 15) is 10.2 Å². The van der Waals surface area contributed by atoms with Crippen LogP contribution in [0.4, 0.5) is 5.13 Å². The van der Waals surface area contributed by atoms with Crippen molar-refractivity contribution in [2.24, 2.45) is 5.92 Å². The van der Waals surface area contributed by atoms with Gasteiger partial charge in [-0.25, -0.2) is 4.98 Å². The first kappa shape index (κ1) is 15.6. The number of rotatable bonds is 5. The number of phenols is 1. The van der Waals surface area contributed by atoms with Gasteiger partial charge in [0.15, 0.2) is 5.13 Å². The van der Waals surface area contributed by atoms with Gasteiger partial charge >= 0.3 is 0 Å². The number of thiazole rings is 1. The summed E-state index contributed by atoms with van der Waals surface area (Å²) in [5.74, 6) is 0.809. The van der Waals surface area contributed by atoms with Crippen LogP contribution in [0.5, 0.6) is 11.5 Å². The number of phenolic OH excluding ortho intramolecular Hbond substituents is 1. The number of methoxy groups -OCH3 is 1. The second-order valence-electron chi connectivity index (χ2n) is 5.14. The summed E-state index contributed by atoms with van der Waals surface area (Å²) in [6.07, 6.45) is -0.645. The lowest BCUT2D eigenvalue weighted by Gasteiger charge is -2.14. The third-order valence-corrected chi connectivity index (χ3v) is 4.06. The van der Waals surface area contributed by atoms with E-state index in [4.69, 9.17) is 4.74 Å². The molecule has 0 aliphatic rings. The van der Waals surface area contributed by atoms with E-state index in [-0.39, 0.29) is 11.7 Å². The Labute approximate surface area is 128 Å². The fourth-order valence-electron chi connectivity index (χ4n) is 1.84. The molecule has 0 bridgehead atoms. The van der Waals surface area contributed by atoms with Crippen molar-refractivity contribution in [1.82, 2.24) is 4.98 Å². The molecule has 21 heavy (non-hydrogen) atoms. The van der Waals surface area contributed by atoms with Crippen LogP contribution >= 0.6 is 11.3 Å². The van der Waals surface area contributed by atoms with Gasteiger partial charge in [0.05, 0.1) is 12.8 Å². The highest BCUT2D eigenvalue weighted by Crippen LogP contribution is 2.37. The van der Waals surface area contributed by atoms with E-state index >= 15 is 0 Å². The largest absolute Gasteiger partial charge is 0.507 e. The van der Waals surface area contributed by atoms with Crippen LogP contribution in [-0.2, 0) is 0 Å². The maximum atomic E-state index is 10.1. The smallest absolute Gasteiger partial charge is 0.185 e. The lowest BCUT2D eigenvalue weighted by Crippen LogP contribution is -2.24. The molecule has 0 saturated heterocycles. The highest BCUT2D eigenvalue weighted by atomic mass is 32.1. The molecule has 1 aromatic carbocycles. The Kier molecular flexibility index (Phi) is 4.69. The van der Waals surface area contributed by atoms with Crippen LogP contribution in [0.15, 0.2) is 18.2 Å².